The zero-order chi connectivity index (χ0) is 15.5. The second-order valence-corrected chi connectivity index (χ2v) is 5.49. The lowest BCUT2D eigenvalue weighted by Crippen LogP contribution is -2.30. The number of carbonyl (C=O) groups excluding carboxylic acids is 1. The lowest BCUT2D eigenvalue weighted by atomic mass is 10.1. The van der Waals surface area contributed by atoms with Crippen molar-refractivity contribution >= 4 is 28.5 Å². The van der Waals surface area contributed by atoms with Gasteiger partial charge in [0.15, 0.2) is 0 Å². The SMILES string of the molecule is CC(NC(=O)Cn1c(Cl)nc2ccccc21)c1ccccc1. The van der Waals surface area contributed by atoms with Gasteiger partial charge in [0.05, 0.1) is 17.1 Å². The average Bonchev–Trinajstić information content (AvgIpc) is 2.84. The van der Waals surface area contributed by atoms with Gasteiger partial charge in [0.1, 0.15) is 6.54 Å². The van der Waals surface area contributed by atoms with Crippen LogP contribution in [0.15, 0.2) is 54.6 Å². The van der Waals surface area contributed by atoms with E-state index in [0.717, 1.165) is 16.6 Å². The number of benzene rings is 2. The van der Waals surface area contributed by atoms with Crippen molar-refractivity contribution in [2.45, 2.75) is 19.5 Å². The van der Waals surface area contributed by atoms with Crippen LogP contribution in [0.3, 0.4) is 0 Å². The van der Waals surface area contributed by atoms with Crippen LogP contribution in [0.4, 0.5) is 0 Å². The Bertz CT molecular complexity index is 798. The molecule has 1 amide bonds. The van der Waals surface area contributed by atoms with E-state index in [-0.39, 0.29) is 18.5 Å². The fraction of sp³-hybridized carbons (Fsp3) is 0.176. The number of fused-ring (bicyclic) bond motifs is 1. The van der Waals surface area contributed by atoms with Gasteiger partial charge in [-0.2, -0.15) is 0 Å². The molecule has 3 rings (SSSR count). The molecule has 1 heterocycles. The van der Waals surface area contributed by atoms with Gasteiger partial charge in [0.2, 0.25) is 11.2 Å². The molecular formula is C17H16ClN3O. The van der Waals surface area contributed by atoms with Crippen molar-refractivity contribution in [2.24, 2.45) is 0 Å². The Morgan fingerprint density at radius 2 is 1.86 bits per heavy atom. The van der Waals surface area contributed by atoms with E-state index >= 15 is 0 Å². The lowest BCUT2D eigenvalue weighted by molar-refractivity contribution is -0.122. The maximum absolute atomic E-state index is 12.3. The molecule has 22 heavy (non-hydrogen) atoms. The van der Waals surface area contributed by atoms with Crippen LogP contribution >= 0.6 is 11.6 Å². The fourth-order valence-corrected chi connectivity index (χ4v) is 2.69. The van der Waals surface area contributed by atoms with Crippen molar-refractivity contribution in [2.75, 3.05) is 0 Å². The summed E-state index contributed by atoms with van der Waals surface area (Å²) in [5, 5.41) is 3.30. The molecule has 1 N–H and O–H groups in total. The third-order valence-electron chi connectivity index (χ3n) is 3.59. The molecule has 0 aliphatic carbocycles. The third-order valence-corrected chi connectivity index (χ3v) is 3.88. The molecule has 0 bridgehead atoms. The summed E-state index contributed by atoms with van der Waals surface area (Å²) in [6.07, 6.45) is 0. The zero-order valence-corrected chi connectivity index (χ0v) is 12.9. The smallest absolute Gasteiger partial charge is 0.240 e. The predicted molar refractivity (Wildman–Crippen MR) is 87.7 cm³/mol. The maximum Gasteiger partial charge on any atom is 0.240 e. The van der Waals surface area contributed by atoms with Gasteiger partial charge in [-0.1, -0.05) is 42.5 Å². The summed E-state index contributed by atoms with van der Waals surface area (Å²) in [6.45, 7) is 2.11. The number of aromatic nitrogens is 2. The average molecular weight is 314 g/mol. The van der Waals surface area contributed by atoms with E-state index in [0.29, 0.717) is 5.28 Å². The van der Waals surface area contributed by atoms with Crippen molar-refractivity contribution in [3.05, 3.63) is 65.4 Å². The van der Waals surface area contributed by atoms with Crippen LogP contribution in [-0.2, 0) is 11.3 Å². The van der Waals surface area contributed by atoms with E-state index in [2.05, 4.69) is 10.3 Å². The first kappa shape index (κ1) is 14.6. The summed E-state index contributed by atoms with van der Waals surface area (Å²) >= 11 is 6.14. The molecule has 3 aromatic rings. The van der Waals surface area contributed by atoms with Crippen molar-refractivity contribution in [1.29, 1.82) is 0 Å². The third kappa shape index (κ3) is 2.97. The standard InChI is InChI=1S/C17H16ClN3O/c1-12(13-7-3-2-4-8-13)19-16(22)11-21-15-10-6-5-9-14(15)20-17(21)18/h2-10,12H,11H2,1H3,(H,19,22). The number of imidazole rings is 1. The van der Waals surface area contributed by atoms with Crippen LogP contribution in [0.1, 0.15) is 18.5 Å². The number of carbonyl (C=O) groups is 1. The van der Waals surface area contributed by atoms with Gasteiger partial charge in [-0.05, 0) is 36.2 Å². The maximum atomic E-state index is 12.3. The molecular weight excluding hydrogens is 298 g/mol. The molecule has 0 saturated heterocycles. The Labute approximate surface area is 133 Å². The minimum atomic E-state index is -0.0959. The lowest BCUT2D eigenvalue weighted by Gasteiger charge is -2.15. The van der Waals surface area contributed by atoms with Crippen molar-refractivity contribution in [1.82, 2.24) is 14.9 Å². The Morgan fingerprint density at radius 3 is 2.64 bits per heavy atom. The molecule has 0 aliphatic heterocycles. The fourth-order valence-electron chi connectivity index (χ4n) is 2.45. The molecule has 1 atom stereocenters. The minimum Gasteiger partial charge on any atom is -0.348 e. The van der Waals surface area contributed by atoms with Gasteiger partial charge in [-0.3, -0.25) is 4.79 Å². The van der Waals surface area contributed by atoms with E-state index in [4.69, 9.17) is 11.6 Å². The summed E-state index contributed by atoms with van der Waals surface area (Å²) < 4.78 is 1.71. The molecule has 0 fully saturated rings. The molecule has 5 heteroatoms. The second kappa shape index (κ2) is 6.20. The predicted octanol–water partition coefficient (Wildman–Crippen LogP) is 3.57. The van der Waals surface area contributed by atoms with Gasteiger partial charge in [0.25, 0.3) is 0 Å². The van der Waals surface area contributed by atoms with Crippen LogP contribution < -0.4 is 5.32 Å². The van der Waals surface area contributed by atoms with Crippen LogP contribution in [0, 0.1) is 0 Å². The number of nitrogens with one attached hydrogen (secondary N) is 1. The quantitative estimate of drug-likeness (QED) is 0.800. The summed E-state index contributed by atoms with van der Waals surface area (Å²) in [7, 11) is 0. The van der Waals surface area contributed by atoms with Gasteiger partial charge in [-0.25, -0.2) is 4.98 Å². The molecule has 112 valence electrons. The summed E-state index contributed by atoms with van der Waals surface area (Å²) in [5.74, 6) is -0.0959. The number of nitrogens with zero attached hydrogens (tertiary/aromatic N) is 2. The topological polar surface area (TPSA) is 46.9 Å². The Kier molecular flexibility index (Phi) is 4.11. The highest BCUT2D eigenvalue weighted by atomic mass is 35.5. The molecule has 4 nitrogen and oxygen atoms in total. The number of rotatable bonds is 4. The van der Waals surface area contributed by atoms with Gasteiger partial charge in [0, 0.05) is 0 Å². The van der Waals surface area contributed by atoms with E-state index in [1.807, 2.05) is 61.5 Å². The van der Waals surface area contributed by atoms with Gasteiger partial charge in [-0.15, -0.1) is 0 Å². The van der Waals surface area contributed by atoms with Crippen LogP contribution in [0.5, 0.6) is 0 Å². The van der Waals surface area contributed by atoms with E-state index < -0.39 is 0 Å². The molecule has 0 saturated carbocycles. The Hall–Kier alpha value is -2.33. The van der Waals surface area contributed by atoms with Crippen LogP contribution in [-0.4, -0.2) is 15.5 Å². The number of amides is 1. The second-order valence-electron chi connectivity index (χ2n) is 5.16. The molecule has 0 spiro atoms. The summed E-state index contributed by atoms with van der Waals surface area (Å²) in [4.78, 5) is 16.5. The highest BCUT2D eigenvalue weighted by molar-refractivity contribution is 6.29. The molecule has 1 aromatic heterocycles. The summed E-state index contributed by atoms with van der Waals surface area (Å²) in [6, 6.07) is 17.4. The van der Waals surface area contributed by atoms with E-state index in [1.54, 1.807) is 4.57 Å². The number of hydrogen-bond acceptors (Lipinski definition) is 2. The highest BCUT2D eigenvalue weighted by Crippen LogP contribution is 2.19. The molecule has 1 unspecified atom stereocenters. The van der Waals surface area contributed by atoms with E-state index in [1.165, 1.54) is 0 Å². The number of para-hydroxylation sites is 2. The minimum absolute atomic E-state index is 0.0535. The molecule has 2 aromatic carbocycles. The number of hydrogen-bond donors (Lipinski definition) is 1. The van der Waals surface area contributed by atoms with Gasteiger partial charge < -0.3 is 9.88 Å². The van der Waals surface area contributed by atoms with Crippen LogP contribution in [0.2, 0.25) is 5.28 Å². The van der Waals surface area contributed by atoms with Crippen molar-refractivity contribution in [3.63, 3.8) is 0 Å². The molecule has 0 radical (unpaired) electrons. The first-order valence-electron chi connectivity index (χ1n) is 7.10. The largest absolute Gasteiger partial charge is 0.348 e. The van der Waals surface area contributed by atoms with Gasteiger partial charge >= 0.3 is 0 Å². The number of halogens is 1. The van der Waals surface area contributed by atoms with E-state index in [9.17, 15) is 4.79 Å². The van der Waals surface area contributed by atoms with Crippen molar-refractivity contribution in [3.8, 4) is 0 Å². The van der Waals surface area contributed by atoms with Crippen molar-refractivity contribution < 1.29 is 4.79 Å². The Balaban J connectivity index is 1.75. The first-order chi connectivity index (χ1) is 10.6. The van der Waals surface area contributed by atoms with Crippen LogP contribution in [0.25, 0.3) is 11.0 Å². The first-order valence-corrected chi connectivity index (χ1v) is 7.48. The normalized spacial score (nSPS) is 12.3. The monoisotopic (exact) mass is 313 g/mol. The highest BCUT2D eigenvalue weighted by Gasteiger charge is 2.14. The zero-order valence-electron chi connectivity index (χ0n) is 12.2. The molecule has 0 aliphatic rings. The summed E-state index contributed by atoms with van der Waals surface area (Å²) in [5.41, 5.74) is 2.71. The Morgan fingerprint density at radius 1 is 1.18 bits per heavy atom.